The van der Waals surface area contributed by atoms with E-state index >= 15 is 0 Å². The number of hydrogen-bond acceptors (Lipinski definition) is 7. The molecule has 0 amide bonds. The van der Waals surface area contributed by atoms with Crippen molar-refractivity contribution in [3.8, 4) is 0 Å². The van der Waals surface area contributed by atoms with Gasteiger partial charge in [0.15, 0.2) is 0 Å². The van der Waals surface area contributed by atoms with Crippen LogP contribution >= 0.6 is 15.2 Å². The van der Waals surface area contributed by atoms with Gasteiger partial charge in [0.25, 0.3) is 0 Å². The van der Waals surface area contributed by atoms with Gasteiger partial charge in [-0.1, -0.05) is 7.60 Å². The molecule has 0 radical (unpaired) electrons. The fourth-order valence-electron chi connectivity index (χ4n) is 0.433. The van der Waals surface area contributed by atoms with Gasteiger partial charge in [0, 0.05) is 5.90 Å². The van der Waals surface area contributed by atoms with E-state index in [0.717, 1.165) is 0 Å². The first-order chi connectivity index (χ1) is 5.27. The minimum Gasteiger partial charge on any atom is -0.810 e. The fraction of sp³-hybridized carbons (Fsp3) is 1.00. The topological polar surface area (TPSA) is 133 Å². The van der Waals surface area contributed by atoms with Crippen LogP contribution in [-0.2, 0) is 13.7 Å². The van der Waals surface area contributed by atoms with Crippen molar-refractivity contribution in [1.82, 2.24) is 0 Å². The molecule has 0 rings (SSSR count). The molecule has 0 heterocycles. The zero-order chi connectivity index (χ0) is 9.83. The Hall–Kier alpha value is 3.26. The molecule has 0 aliphatic carbocycles. The molecule has 0 aliphatic heterocycles. The van der Waals surface area contributed by atoms with Crippen LogP contribution in [0, 0.1) is 0 Å². The Morgan fingerprint density at radius 1 is 1.07 bits per heavy atom. The predicted molar refractivity (Wildman–Crippen MR) is 33.1 cm³/mol. The Balaban J connectivity index is -0.000000202. The monoisotopic (exact) mass is 286 g/mol. The number of aliphatic hydroxyl groups is 1. The van der Waals surface area contributed by atoms with Gasteiger partial charge in [-0.25, -0.2) is 0 Å². The predicted octanol–water partition coefficient (Wildman–Crippen LogP) is -11.6. The van der Waals surface area contributed by atoms with E-state index in [0.29, 0.717) is 0 Å². The molecule has 0 aromatic carbocycles. The maximum absolute atomic E-state index is 10.5. The third-order valence-electron chi connectivity index (χ3n) is 0.726. The largest absolute Gasteiger partial charge is 1.00 e. The van der Waals surface area contributed by atoms with Crippen molar-refractivity contribution in [3.63, 3.8) is 0 Å². The van der Waals surface area contributed by atoms with Crippen LogP contribution in [0.4, 0.5) is 0 Å². The number of aliphatic hydroxyl groups excluding tert-OH is 1. The molecule has 0 aromatic rings. The summed E-state index contributed by atoms with van der Waals surface area (Å²) < 4.78 is 24.4. The van der Waals surface area contributed by atoms with Gasteiger partial charge in [0.2, 0.25) is 0 Å². The van der Waals surface area contributed by atoms with Crippen molar-refractivity contribution in [1.29, 1.82) is 0 Å². The molecule has 0 spiro atoms. The summed E-state index contributed by atoms with van der Waals surface area (Å²) in [6.07, 6.45) is 0. The average molecular weight is 286 g/mol. The molecule has 1 N–H and O–H groups in total. The van der Waals surface area contributed by atoms with Crippen molar-refractivity contribution < 1.29 is 122 Å². The van der Waals surface area contributed by atoms with E-state index in [2.05, 4.69) is 4.52 Å². The first-order valence-corrected chi connectivity index (χ1v) is 6.29. The molecule has 0 aliphatic rings. The number of hydrogen-bond donors (Lipinski definition) is 1. The first-order valence-electron chi connectivity index (χ1n) is 2.83. The standard InChI is InChI=1S/C3H10O7P2.3Na/c4-1-2-10-12(8,9)3-11(5,6)7;;;/h4H,1-3H2,(H,8,9)(H2,5,6,7);;;/q;3*+1/p-3. The van der Waals surface area contributed by atoms with Crippen LogP contribution < -0.4 is 103 Å². The number of rotatable bonds is 5. The van der Waals surface area contributed by atoms with Gasteiger partial charge in [-0.05, 0) is 0 Å². The van der Waals surface area contributed by atoms with Crippen molar-refractivity contribution in [2.24, 2.45) is 0 Å². The maximum atomic E-state index is 10.5. The molecule has 1 unspecified atom stereocenters. The summed E-state index contributed by atoms with van der Waals surface area (Å²) in [5, 5.41) is 8.12. The van der Waals surface area contributed by atoms with Crippen molar-refractivity contribution in [2.75, 3.05) is 19.1 Å². The Morgan fingerprint density at radius 2 is 1.47 bits per heavy atom. The van der Waals surface area contributed by atoms with E-state index in [4.69, 9.17) is 5.11 Å². The average Bonchev–Trinajstić information content (AvgIpc) is 1.78. The van der Waals surface area contributed by atoms with Crippen LogP contribution in [0.3, 0.4) is 0 Å². The quantitative estimate of drug-likeness (QED) is 0.392. The maximum Gasteiger partial charge on any atom is 1.00 e. The molecular formula is C3H7Na3O7P2. The fourth-order valence-corrected chi connectivity index (χ4v) is 2.82. The smallest absolute Gasteiger partial charge is 0.810 e. The van der Waals surface area contributed by atoms with E-state index in [1.165, 1.54) is 0 Å². The molecule has 0 fully saturated rings. The van der Waals surface area contributed by atoms with E-state index < -0.39 is 34.3 Å². The second-order valence-corrected chi connectivity index (χ2v) is 5.75. The Morgan fingerprint density at radius 3 is 1.73 bits per heavy atom. The molecule has 1 atom stereocenters. The molecule has 0 saturated carbocycles. The molecule has 0 bridgehead atoms. The second kappa shape index (κ2) is 12.3. The molecular weight excluding hydrogens is 279 g/mol. The summed E-state index contributed by atoms with van der Waals surface area (Å²) in [5.74, 6) is -1.56. The van der Waals surface area contributed by atoms with Crippen LogP contribution in [0.1, 0.15) is 0 Å². The Kier molecular flexibility index (Phi) is 21.9. The van der Waals surface area contributed by atoms with Crippen molar-refractivity contribution in [3.05, 3.63) is 0 Å². The Labute approximate surface area is 154 Å². The summed E-state index contributed by atoms with van der Waals surface area (Å²) in [6.45, 7) is -1.10. The SMILES string of the molecule is O=P([O-])([O-])CP(=O)([O-])OCCO.[Na+].[Na+].[Na+]. The van der Waals surface area contributed by atoms with E-state index in [1.54, 1.807) is 0 Å². The van der Waals surface area contributed by atoms with Gasteiger partial charge in [0.1, 0.15) is 7.60 Å². The molecule has 15 heavy (non-hydrogen) atoms. The van der Waals surface area contributed by atoms with Crippen LogP contribution in [-0.4, -0.2) is 24.2 Å². The summed E-state index contributed by atoms with van der Waals surface area (Å²) in [7, 11) is -9.74. The van der Waals surface area contributed by atoms with E-state index in [-0.39, 0.29) is 88.7 Å². The van der Waals surface area contributed by atoms with Crippen molar-refractivity contribution in [2.45, 2.75) is 0 Å². The minimum atomic E-state index is -5.11. The van der Waals surface area contributed by atoms with Crippen LogP contribution in [0.5, 0.6) is 0 Å². The van der Waals surface area contributed by atoms with Gasteiger partial charge >= 0.3 is 88.7 Å². The third-order valence-corrected chi connectivity index (χ3v) is 4.07. The van der Waals surface area contributed by atoms with Crippen LogP contribution in [0.25, 0.3) is 0 Å². The van der Waals surface area contributed by atoms with Gasteiger partial charge in [-0.3, -0.25) is 0 Å². The van der Waals surface area contributed by atoms with Gasteiger partial charge in [-0.15, -0.1) is 0 Å². The van der Waals surface area contributed by atoms with Gasteiger partial charge in [0.05, 0.1) is 13.2 Å². The molecule has 7 nitrogen and oxygen atoms in total. The minimum absolute atomic E-state index is 0. The molecule has 74 valence electrons. The first kappa shape index (κ1) is 26.8. The normalized spacial score (nSPS) is 13.9. The van der Waals surface area contributed by atoms with E-state index in [1.807, 2.05) is 0 Å². The molecule has 0 aromatic heterocycles. The summed E-state index contributed by atoms with van der Waals surface area (Å²) in [4.78, 5) is 30.5. The molecule has 0 saturated heterocycles. The van der Waals surface area contributed by atoms with Gasteiger partial charge < -0.3 is 33.4 Å². The van der Waals surface area contributed by atoms with Crippen LogP contribution in [0.15, 0.2) is 0 Å². The summed E-state index contributed by atoms with van der Waals surface area (Å²) >= 11 is 0. The van der Waals surface area contributed by atoms with Crippen molar-refractivity contribution >= 4 is 15.2 Å². The third kappa shape index (κ3) is 19.8. The zero-order valence-corrected chi connectivity index (χ0v) is 16.7. The van der Waals surface area contributed by atoms with Gasteiger partial charge in [-0.2, -0.15) is 0 Å². The Bertz CT molecular complexity index is 230. The summed E-state index contributed by atoms with van der Waals surface area (Å²) in [6, 6.07) is 0. The van der Waals surface area contributed by atoms with Crippen LogP contribution in [0.2, 0.25) is 0 Å². The zero-order valence-electron chi connectivity index (χ0n) is 8.91. The second-order valence-electron chi connectivity index (χ2n) is 1.92. The summed E-state index contributed by atoms with van der Waals surface area (Å²) in [5.41, 5.74) is 0. The van der Waals surface area contributed by atoms with E-state index in [9.17, 15) is 23.8 Å². The molecule has 12 heteroatoms.